The van der Waals surface area contributed by atoms with Gasteiger partial charge in [0.2, 0.25) is 5.91 Å². The molecule has 1 atom stereocenters. The molecule has 0 radical (unpaired) electrons. The summed E-state index contributed by atoms with van der Waals surface area (Å²) in [6.45, 7) is 2.77. The first-order valence-corrected chi connectivity index (χ1v) is 7.62. The van der Waals surface area contributed by atoms with Gasteiger partial charge >= 0.3 is 0 Å². The fourth-order valence-corrected chi connectivity index (χ4v) is 1.92. The number of rotatable bonds is 9. The molecule has 21 heavy (non-hydrogen) atoms. The summed E-state index contributed by atoms with van der Waals surface area (Å²) in [5.74, 6) is 1.02. The number of ether oxygens (including phenoxy) is 1. The monoisotopic (exact) mass is 292 g/mol. The zero-order valence-corrected chi connectivity index (χ0v) is 13.7. The molecule has 0 spiro atoms. The normalized spacial score (nSPS) is 12.0. The zero-order valence-electron chi connectivity index (χ0n) is 13.7. The first kappa shape index (κ1) is 17.5. The minimum atomic E-state index is 0.146. The van der Waals surface area contributed by atoms with E-state index in [2.05, 4.69) is 24.4 Å². The van der Waals surface area contributed by atoms with Gasteiger partial charge in [0.15, 0.2) is 0 Å². The van der Waals surface area contributed by atoms with E-state index in [0.717, 1.165) is 25.0 Å². The first-order valence-electron chi connectivity index (χ1n) is 7.62. The predicted molar refractivity (Wildman–Crippen MR) is 86.7 cm³/mol. The molecule has 0 bridgehead atoms. The topological polar surface area (TPSA) is 41.6 Å². The van der Waals surface area contributed by atoms with E-state index in [4.69, 9.17) is 4.74 Å². The van der Waals surface area contributed by atoms with E-state index in [9.17, 15) is 4.79 Å². The summed E-state index contributed by atoms with van der Waals surface area (Å²) in [6.07, 6.45) is 3.48. The van der Waals surface area contributed by atoms with E-state index in [1.54, 1.807) is 19.0 Å². The number of nitrogens with one attached hydrogen (secondary N) is 1. The van der Waals surface area contributed by atoms with Crippen molar-refractivity contribution in [2.24, 2.45) is 0 Å². The van der Waals surface area contributed by atoms with Gasteiger partial charge in [0.1, 0.15) is 5.75 Å². The molecule has 0 aromatic heterocycles. The summed E-state index contributed by atoms with van der Waals surface area (Å²) in [5.41, 5.74) is 1.33. The third kappa shape index (κ3) is 7.14. The van der Waals surface area contributed by atoms with Gasteiger partial charge in [0, 0.05) is 26.6 Å². The SMILES string of the molecule is CNC(C)CCc1ccc(OCCCC(=O)N(C)C)cc1. The quantitative estimate of drug-likeness (QED) is 0.711. The van der Waals surface area contributed by atoms with Gasteiger partial charge in [-0.2, -0.15) is 0 Å². The van der Waals surface area contributed by atoms with Gasteiger partial charge in [-0.25, -0.2) is 0 Å². The highest BCUT2D eigenvalue weighted by Gasteiger charge is 2.04. The van der Waals surface area contributed by atoms with Crippen LogP contribution in [0.2, 0.25) is 0 Å². The Morgan fingerprint density at radius 2 is 1.95 bits per heavy atom. The molecule has 118 valence electrons. The van der Waals surface area contributed by atoms with Crippen molar-refractivity contribution in [1.29, 1.82) is 0 Å². The van der Waals surface area contributed by atoms with Crippen molar-refractivity contribution in [2.75, 3.05) is 27.7 Å². The van der Waals surface area contributed by atoms with Gasteiger partial charge in [-0.3, -0.25) is 4.79 Å². The third-order valence-electron chi connectivity index (χ3n) is 3.58. The predicted octanol–water partition coefficient (Wildman–Crippen LogP) is 2.47. The lowest BCUT2D eigenvalue weighted by Crippen LogP contribution is -2.21. The van der Waals surface area contributed by atoms with Crippen LogP contribution >= 0.6 is 0 Å². The molecule has 1 N–H and O–H groups in total. The van der Waals surface area contributed by atoms with Gasteiger partial charge in [-0.15, -0.1) is 0 Å². The Morgan fingerprint density at radius 1 is 1.29 bits per heavy atom. The lowest BCUT2D eigenvalue weighted by atomic mass is 10.1. The Balaban J connectivity index is 2.26. The third-order valence-corrected chi connectivity index (χ3v) is 3.58. The van der Waals surface area contributed by atoms with Crippen LogP contribution in [-0.4, -0.2) is 44.6 Å². The van der Waals surface area contributed by atoms with Crippen molar-refractivity contribution in [3.8, 4) is 5.75 Å². The highest BCUT2D eigenvalue weighted by molar-refractivity contribution is 5.75. The summed E-state index contributed by atoms with van der Waals surface area (Å²) in [7, 11) is 5.54. The van der Waals surface area contributed by atoms with Gasteiger partial charge in [0.05, 0.1) is 6.61 Å². The molecular formula is C17H28N2O2. The second-order valence-electron chi connectivity index (χ2n) is 5.61. The highest BCUT2D eigenvalue weighted by atomic mass is 16.5. The second-order valence-corrected chi connectivity index (χ2v) is 5.61. The molecule has 1 aromatic rings. The molecule has 4 heteroatoms. The van der Waals surface area contributed by atoms with E-state index in [-0.39, 0.29) is 5.91 Å². The fourth-order valence-electron chi connectivity index (χ4n) is 1.92. The van der Waals surface area contributed by atoms with Crippen LogP contribution in [0.1, 0.15) is 31.7 Å². The highest BCUT2D eigenvalue weighted by Crippen LogP contribution is 2.14. The lowest BCUT2D eigenvalue weighted by Gasteiger charge is -2.11. The van der Waals surface area contributed by atoms with Gasteiger partial charge < -0.3 is 15.0 Å². The molecule has 0 saturated carbocycles. The molecule has 0 aliphatic heterocycles. The number of benzene rings is 1. The summed E-state index contributed by atoms with van der Waals surface area (Å²) in [6, 6.07) is 8.78. The van der Waals surface area contributed by atoms with Crippen molar-refractivity contribution < 1.29 is 9.53 Å². The maximum atomic E-state index is 11.4. The van der Waals surface area contributed by atoms with Crippen LogP contribution in [0.15, 0.2) is 24.3 Å². The molecule has 0 aliphatic carbocycles. The number of hydrogen-bond donors (Lipinski definition) is 1. The van der Waals surface area contributed by atoms with E-state index in [1.807, 2.05) is 19.2 Å². The minimum Gasteiger partial charge on any atom is -0.494 e. The fraction of sp³-hybridized carbons (Fsp3) is 0.588. The van der Waals surface area contributed by atoms with E-state index >= 15 is 0 Å². The second kappa shape index (κ2) is 9.40. The molecule has 1 rings (SSSR count). The molecule has 0 heterocycles. The van der Waals surface area contributed by atoms with Crippen molar-refractivity contribution in [3.05, 3.63) is 29.8 Å². The van der Waals surface area contributed by atoms with Crippen LogP contribution in [0.4, 0.5) is 0 Å². The summed E-state index contributed by atoms with van der Waals surface area (Å²) < 4.78 is 5.65. The number of carbonyl (C=O) groups excluding carboxylic acids is 1. The maximum absolute atomic E-state index is 11.4. The van der Waals surface area contributed by atoms with E-state index in [0.29, 0.717) is 19.1 Å². The number of nitrogens with zero attached hydrogens (tertiary/aromatic N) is 1. The van der Waals surface area contributed by atoms with Gasteiger partial charge in [-0.1, -0.05) is 12.1 Å². The number of hydrogen-bond acceptors (Lipinski definition) is 3. The van der Waals surface area contributed by atoms with Crippen molar-refractivity contribution >= 4 is 5.91 Å². The Hall–Kier alpha value is -1.55. The Labute approximate surface area is 128 Å². The minimum absolute atomic E-state index is 0.146. The molecule has 1 unspecified atom stereocenters. The standard InChI is InChI=1S/C17H28N2O2/c1-14(18-2)7-8-15-9-11-16(12-10-15)21-13-5-6-17(20)19(3)4/h9-12,14,18H,5-8,13H2,1-4H3. The van der Waals surface area contributed by atoms with E-state index < -0.39 is 0 Å². The summed E-state index contributed by atoms with van der Waals surface area (Å²) >= 11 is 0. The number of carbonyl (C=O) groups is 1. The van der Waals surface area contributed by atoms with Crippen LogP contribution < -0.4 is 10.1 Å². The van der Waals surface area contributed by atoms with Crippen LogP contribution in [0.5, 0.6) is 5.75 Å². The van der Waals surface area contributed by atoms with Crippen molar-refractivity contribution in [2.45, 2.75) is 38.6 Å². The number of amides is 1. The molecule has 0 aliphatic rings. The average molecular weight is 292 g/mol. The molecule has 4 nitrogen and oxygen atoms in total. The molecule has 1 aromatic carbocycles. The first-order chi connectivity index (χ1) is 10.0. The molecule has 0 fully saturated rings. The summed E-state index contributed by atoms with van der Waals surface area (Å²) in [5, 5.41) is 3.24. The van der Waals surface area contributed by atoms with Crippen molar-refractivity contribution in [1.82, 2.24) is 10.2 Å². The maximum Gasteiger partial charge on any atom is 0.222 e. The van der Waals surface area contributed by atoms with Gasteiger partial charge in [-0.05, 0) is 50.9 Å². The molecule has 1 amide bonds. The zero-order chi connectivity index (χ0) is 15.7. The molecule has 0 saturated heterocycles. The van der Waals surface area contributed by atoms with E-state index in [1.165, 1.54) is 5.56 Å². The van der Waals surface area contributed by atoms with Crippen molar-refractivity contribution in [3.63, 3.8) is 0 Å². The Bertz CT molecular complexity index is 415. The molecular weight excluding hydrogens is 264 g/mol. The Kier molecular flexibility index (Phi) is 7.83. The van der Waals surface area contributed by atoms with Crippen LogP contribution in [0.3, 0.4) is 0 Å². The van der Waals surface area contributed by atoms with Crippen LogP contribution in [0, 0.1) is 0 Å². The lowest BCUT2D eigenvalue weighted by molar-refractivity contribution is -0.128. The Morgan fingerprint density at radius 3 is 2.52 bits per heavy atom. The van der Waals surface area contributed by atoms with Gasteiger partial charge in [0.25, 0.3) is 0 Å². The number of aryl methyl sites for hydroxylation is 1. The summed E-state index contributed by atoms with van der Waals surface area (Å²) in [4.78, 5) is 13.0. The van der Waals surface area contributed by atoms with Crippen LogP contribution in [-0.2, 0) is 11.2 Å². The average Bonchev–Trinajstić information content (AvgIpc) is 2.49. The van der Waals surface area contributed by atoms with Crippen LogP contribution in [0.25, 0.3) is 0 Å². The smallest absolute Gasteiger partial charge is 0.222 e. The largest absolute Gasteiger partial charge is 0.494 e.